The quantitative estimate of drug-likeness (QED) is 0.107. The predicted octanol–water partition coefficient (Wildman–Crippen LogP) is 13.1. The number of hydrogen-bond acceptors (Lipinski definition) is 3. The molecule has 0 atom stereocenters. The first-order chi connectivity index (χ1) is 30.0. The van der Waals surface area contributed by atoms with E-state index in [2.05, 4.69) is 208 Å². The monoisotopic (exact) mass is 1020 g/mol. The average Bonchev–Trinajstić information content (AvgIpc) is 3.87. The molecule has 0 spiro atoms. The van der Waals surface area contributed by atoms with Gasteiger partial charge in [0.25, 0.3) is 6.33 Å². The Bertz CT molecular complexity index is 3080. The van der Waals surface area contributed by atoms with Crippen LogP contribution in [0.2, 0.25) is 0 Å². The van der Waals surface area contributed by atoms with Gasteiger partial charge >= 0.3 is 0 Å². The Balaban J connectivity index is 0.00000560. The van der Waals surface area contributed by atoms with Crippen LogP contribution in [-0.2, 0) is 42.7 Å². The van der Waals surface area contributed by atoms with Crippen molar-refractivity contribution in [3.63, 3.8) is 0 Å². The standard InChI is InChI=1S/C57H55N5O.Pt/c1-54(2,3)42-32-43(55(4,5)6)34-45(33-42)61-38-60(53(59-61)57(9,10)40-22-15-12-16-23-40)44-24-19-25-46(36-44)63-47-28-29-49-48-26-17-18-27-50(48)62(51(49)37-47)52-35-41(30-31-58-52)56(7,8)39-20-13-11-14-21-39;/h11-35H,1-10H3;/q-2;. The maximum Gasteiger partial charge on any atom is 0.271 e. The second kappa shape index (κ2) is 16.8. The molecule has 0 saturated heterocycles. The number of nitrogens with zero attached hydrogens (tertiary/aromatic N) is 5. The molecule has 0 aliphatic heterocycles. The second-order valence-electron chi connectivity index (χ2n) is 19.8. The Morgan fingerprint density at radius 3 is 1.80 bits per heavy atom. The van der Waals surface area contributed by atoms with Gasteiger partial charge in [-0.05, 0) is 62.2 Å². The zero-order chi connectivity index (χ0) is 44.3. The van der Waals surface area contributed by atoms with Crippen molar-refractivity contribution in [3.05, 3.63) is 204 Å². The van der Waals surface area contributed by atoms with E-state index in [-0.39, 0.29) is 37.3 Å². The van der Waals surface area contributed by atoms with Crippen molar-refractivity contribution in [1.29, 1.82) is 0 Å². The first-order valence-corrected chi connectivity index (χ1v) is 21.8. The normalized spacial score (nSPS) is 12.4. The zero-order valence-electron chi connectivity index (χ0n) is 38.4. The molecular weight excluding hydrogens is 966 g/mol. The molecule has 0 amide bonds. The molecule has 0 unspecified atom stereocenters. The molecule has 7 heteroatoms. The molecule has 0 aliphatic carbocycles. The molecule has 9 aromatic rings. The predicted molar refractivity (Wildman–Crippen MR) is 255 cm³/mol. The first-order valence-electron chi connectivity index (χ1n) is 21.8. The van der Waals surface area contributed by atoms with Gasteiger partial charge in [-0.25, -0.2) is 4.98 Å². The summed E-state index contributed by atoms with van der Waals surface area (Å²) >= 11 is 0. The molecule has 0 aliphatic rings. The maximum absolute atomic E-state index is 6.68. The van der Waals surface area contributed by atoms with E-state index in [1.807, 2.05) is 45.8 Å². The fourth-order valence-corrected chi connectivity index (χ4v) is 8.44. The average molecular weight is 1020 g/mol. The molecule has 0 N–H and O–H groups in total. The van der Waals surface area contributed by atoms with Gasteiger partial charge in [0.2, 0.25) is 0 Å². The number of para-hydroxylation sites is 1. The summed E-state index contributed by atoms with van der Waals surface area (Å²) < 4.78 is 12.8. The van der Waals surface area contributed by atoms with Crippen molar-refractivity contribution < 1.29 is 30.5 Å². The fraction of sp³-hybridized carbons (Fsp3) is 0.246. The van der Waals surface area contributed by atoms with E-state index < -0.39 is 5.41 Å². The topological polar surface area (TPSA) is 48.8 Å². The van der Waals surface area contributed by atoms with E-state index in [0.717, 1.165) is 50.4 Å². The third kappa shape index (κ3) is 8.37. The van der Waals surface area contributed by atoms with Crippen molar-refractivity contribution in [3.8, 4) is 28.7 Å². The summed E-state index contributed by atoms with van der Waals surface area (Å²) in [6, 6.07) is 58.0. The van der Waals surface area contributed by atoms with Gasteiger partial charge in [-0.3, -0.25) is 0 Å². The summed E-state index contributed by atoms with van der Waals surface area (Å²) in [4.78, 5) is 4.94. The Morgan fingerprint density at radius 1 is 0.531 bits per heavy atom. The van der Waals surface area contributed by atoms with Crippen LogP contribution in [0.3, 0.4) is 0 Å². The van der Waals surface area contributed by atoms with Gasteiger partial charge in [0, 0.05) is 55.1 Å². The van der Waals surface area contributed by atoms with Crippen LogP contribution in [-0.4, -0.2) is 19.2 Å². The Morgan fingerprint density at radius 2 is 1.14 bits per heavy atom. The van der Waals surface area contributed by atoms with E-state index in [1.54, 1.807) is 0 Å². The van der Waals surface area contributed by atoms with Gasteiger partial charge in [0.15, 0.2) is 5.82 Å². The molecule has 326 valence electrons. The third-order valence-corrected chi connectivity index (χ3v) is 12.5. The van der Waals surface area contributed by atoms with Crippen LogP contribution in [0.25, 0.3) is 39.0 Å². The van der Waals surface area contributed by atoms with Crippen molar-refractivity contribution in [2.24, 2.45) is 0 Å². The molecule has 0 bridgehead atoms. The van der Waals surface area contributed by atoms with Crippen LogP contribution in [0, 0.1) is 18.5 Å². The number of aromatic nitrogens is 5. The summed E-state index contributed by atoms with van der Waals surface area (Å²) in [7, 11) is 0. The number of pyridine rings is 1. The minimum Gasteiger partial charge on any atom is -0.510 e. The van der Waals surface area contributed by atoms with E-state index in [9.17, 15) is 0 Å². The van der Waals surface area contributed by atoms with Crippen molar-refractivity contribution in [2.45, 2.75) is 90.9 Å². The largest absolute Gasteiger partial charge is 0.510 e. The number of rotatable bonds is 9. The van der Waals surface area contributed by atoms with E-state index >= 15 is 0 Å². The Kier molecular flexibility index (Phi) is 11.7. The van der Waals surface area contributed by atoms with E-state index in [4.69, 9.17) is 14.8 Å². The summed E-state index contributed by atoms with van der Waals surface area (Å²) in [6.07, 6.45) is 5.55. The third-order valence-electron chi connectivity index (χ3n) is 12.5. The van der Waals surface area contributed by atoms with Crippen LogP contribution >= 0.6 is 0 Å². The van der Waals surface area contributed by atoms with Crippen molar-refractivity contribution in [1.82, 2.24) is 19.2 Å². The van der Waals surface area contributed by atoms with Gasteiger partial charge in [0.05, 0.1) is 5.69 Å². The molecule has 6 nitrogen and oxygen atoms in total. The minimum absolute atomic E-state index is 0. The molecular formula is C57H55N5OPt-2. The summed E-state index contributed by atoms with van der Waals surface area (Å²) in [5.74, 6) is 2.77. The Hall–Kier alpha value is -6.10. The van der Waals surface area contributed by atoms with Gasteiger partial charge in [-0.15, -0.1) is 34.8 Å². The van der Waals surface area contributed by atoms with Crippen molar-refractivity contribution >= 4 is 21.8 Å². The summed E-state index contributed by atoms with van der Waals surface area (Å²) in [5.41, 5.74) is 8.89. The molecule has 9 rings (SSSR count). The van der Waals surface area contributed by atoms with Gasteiger partial charge in [0.1, 0.15) is 5.82 Å². The number of ether oxygens (including phenoxy) is 1. The fourth-order valence-electron chi connectivity index (χ4n) is 8.44. The van der Waals surface area contributed by atoms with Crippen LogP contribution in [0.1, 0.15) is 103 Å². The van der Waals surface area contributed by atoms with Crippen LogP contribution < -0.4 is 9.42 Å². The molecule has 0 radical (unpaired) electrons. The maximum atomic E-state index is 6.68. The number of fused-ring (bicyclic) bond motifs is 3. The number of hydrogen-bond donors (Lipinski definition) is 0. The zero-order valence-corrected chi connectivity index (χ0v) is 40.7. The molecule has 6 aromatic carbocycles. The second-order valence-corrected chi connectivity index (χ2v) is 19.8. The molecule has 3 aromatic heterocycles. The van der Waals surface area contributed by atoms with Gasteiger partial charge in [-0.2, -0.15) is 22.9 Å². The first kappa shape index (κ1) is 44.5. The smallest absolute Gasteiger partial charge is 0.271 e. The Labute approximate surface area is 392 Å². The SMILES string of the molecule is CC(C)(C)c1cc(-[n+]2[c-]n(-c3[c-]c(Oc4[c-]c5c(cc4)c4ccccc4n5-c4cc(C(C)(C)c5ccccc5)ccn4)ccc3)c(C(C)(C)c3ccccc3)n2)cc(C(C)(C)C)c1.[Pt]. The van der Waals surface area contributed by atoms with Crippen LogP contribution in [0.5, 0.6) is 11.5 Å². The summed E-state index contributed by atoms with van der Waals surface area (Å²) in [6.45, 7) is 22.5. The molecule has 0 fully saturated rings. The summed E-state index contributed by atoms with van der Waals surface area (Å²) in [5, 5.41) is 7.54. The van der Waals surface area contributed by atoms with Crippen molar-refractivity contribution in [2.75, 3.05) is 0 Å². The number of benzene rings is 6. The van der Waals surface area contributed by atoms with E-state index in [1.165, 1.54) is 22.3 Å². The molecule has 3 heterocycles. The van der Waals surface area contributed by atoms with Gasteiger partial charge in [-0.1, -0.05) is 178 Å². The molecule has 64 heavy (non-hydrogen) atoms. The minimum atomic E-state index is -0.490. The molecule has 0 saturated carbocycles. The van der Waals surface area contributed by atoms with Crippen LogP contribution in [0.4, 0.5) is 0 Å². The van der Waals surface area contributed by atoms with Gasteiger partial charge < -0.3 is 13.9 Å². The van der Waals surface area contributed by atoms with Crippen LogP contribution in [0.15, 0.2) is 152 Å². The van der Waals surface area contributed by atoms with E-state index in [0.29, 0.717) is 11.5 Å².